The molecule has 0 aliphatic heterocycles. The summed E-state index contributed by atoms with van der Waals surface area (Å²) in [6.45, 7) is 0. The minimum Gasteiger partial charge on any atom is -1.00 e. The van der Waals surface area contributed by atoms with Gasteiger partial charge in [-0.3, -0.25) is 0 Å². The van der Waals surface area contributed by atoms with Crippen LogP contribution >= 0.6 is 7.26 Å². The molecule has 0 heterocycles. The SMILES string of the molecule is O=C(C[P+](c1ccccc1)(c1ccccc1)c1ccccc1)OC(=O)c1ccccc1.[Br-]. The lowest BCUT2D eigenvalue weighted by Crippen LogP contribution is -3.00. The number of hydrogen-bond donors (Lipinski definition) is 0. The standard InChI is InChI=1S/C27H22O3P.BrH/c28-26(30-27(29)22-13-5-1-6-14-22)21-31(23-15-7-2-8-16-23,24-17-9-3-10-18-24)25-19-11-4-12-20-25;/h1-20H,21H2;1H/q+1;/p-1. The van der Waals surface area contributed by atoms with Crippen molar-refractivity contribution >= 4 is 35.1 Å². The molecule has 0 unspecified atom stereocenters. The first-order valence-corrected chi connectivity index (χ1v) is 12.0. The Kier molecular flexibility index (Phi) is 8.10. The molecular weight excluding hydrogens is 483 g/mol. The van der Waals surface area contributed by atoms with Gasteiger partial charge in [-0.1, -0.05) is 72.8 Å². The molecule has 32 heavy (non-hydrogen) atoms. The second kappa shape index (κ2) is 11.0. The quantitative estimate of drug-likeness (QED) is 0.226. The smallest absolute Gasteiger partial charge is 0.352 e. The molecule has 0 radical (unpaired) electrons. The second-order valence-electron chi connectivity index (χ2n) is 7.10. The number of benzene rings is 4. The Labute approximate surface area is 199 Å². The number of ether oxygens (including phenoxy) is 1. The van der Waals surface area contributed by atoms with Crippen molar-refractivity contribution in [3.63, 3.8) is 0 Å². The van der Waals surface area contributed by atoms with Gasteiger partial charge in [-0.15, -0.1) is 0 Å². The van der Waals surface area contributed by atoms with E-state index in [1.807, 2.05) is 60.7 Å². The molecule has 0 fully saturated rings. The molecule has 4 aromatic rings. The van der Waals surface area contributed by atoms with Crippen molar-refractivity contribution < 1.29 is 31.3 Å². The van der Waals surface area contributed by atoms with E-state index in [4.69, 9.17) is 4.74 Å². The molecule has 0 aromatic heterocycles. The first-order chi connectivity index (χ1) is 15.2. The van der Waals surface area contributed by atoms with Crippen LogP contribution in [0, 0.1) is 0 Å². The number of esters is 2. The van der Waals surface area contributed by atoms with Crippen molar-refractivity contribution in [2.45, 2.75) is 0 Å². The summed E-state index contributed by atoms with van der Waals surface area (Å²) in [6, 6.07) is 38.7. The van der Waals surface area contributed by atoms with Crippen molar-refractivity contribution in [2.24, 2.45) is 0 Å². The predicted molar refractivity (Wildman–Crippen MR) is 127 cm³/mol. The molecule has 0 saturated carbocycles. The van der Waals surface area contributed by atoms with Gasteiger partial charge in [-0.05, 0) is 48.5 Å². The number of rotatable bonds is 6. The zero-order valence-electron chi connectivity index (χ0n) is 17.3. The van der Waals surface area contributed by atoms with E-state index >= 15 is 0 Å². The van der Waals surface area contributed by atoms with Gasteiger partial charge < -0.3 is 21.7 Å². The fourth-order valence-corrected chi connectivity index (χ4v) is 7.67. The number of halogens is 1. The molecule has 4 rings (SSSR count). The predicted octanol–water partition coefficient (Wildman–Crippen LogP) is 1.37. The highest BCUT2D eigenvalue weighted by Crippen LogP contribution is 2.55. The Bertz CT molecular complexity index is 1050. The van der Waals surface area contributed by atoms with E-state index in [0.717, 1.165) is 15.9 Å². The summed E-state index contributed by atoms with van der Waals surface area (Å²) in [5.41, 5.74) is 0.360. The number of hydrogen-bond acceptors (Lipinski definition) is 3. The Balaban J connectivity index is 0.00000289. The van der Waals surface area contributed by atoms with Gasteiger partial charge in [-0.25, -0.2) is 9.59 Å². The lowest BCUT2D eigenvalue weighted by atomic mass is 10.2. The summed E-state index contributed by atoms with van der Waals surface area (Å²) < 4.78 is 5.31. The minimum atomic E-state index is -2.38. The number of carbonyl (C=O) groups excluding carboxylic acids is 2. The highest BCUT2D eigenvalue weighted by atomic mass is 79.9. The third kappa shape index (κ3) is 5.04. The zero-order chi connectivity index (χ0) is 21.5. The van der Waals surface area contributed by atoms with Crippen LogP contribution in [0.1, 0.15) is 10.4 Å². The summed E-state index contributed by atoms with van der Waals surface area (Å²) >= 11 is 0. The monoisotopic (exact) mass is 504 g/mol. The maximum Gasteiger partial charge on any atom is 0.352 e. The van der Waals surface area contributed by atoms with Crippen LogP contribution in [0.15, 0.2) is 121 Å². The normalized spacial score (nSPS) is 10.6. The van der Waals surface area contributed by atoms with E-state index in [9.17, 15) is 9.59 Å². The van der Waals surface area contributed by atoms with Gasteiger partial charge in [0.1, 0.15) is 23.2 Å². The van der Waals surface area contributed by atoms with E-state index in [0.29, 0.717) is 5.56 Å². The lowest BCUT2D eigenvalue weighted by molar-refractivity contribution is -0.135. The third-order valence-electron chi connectivity index (χ3n) is 5.17. The van der Waals surface area contributed by atoms with Crippen molar-refractivity contribution in [2.75, 3.05) is 6.16 Å². The number of carbonyl (C=O) groups is 2. The molecule has 3 nitrogen and oxygen atoms in total. The van der Waals surface area contributed by atoms with Crippen LogP contribution < -0.4 is 32.9 Å². The van der Waals surface area contributed by atoms with Crippen LogP contribution in [-0.2, 0) is 9.53 Å². The summed E-state index contributed by atoms with van der Waals surface area (Å²) in [5, 5.41) is 3.20. The molecule has 0 bridgehead atoms. The highest BCUT2D eigenvalue weighted by molar-refractivity contribution is 7.96. The van der Waals surface area contributed by atoms with Crippen molar-refractivity contribution in [1.82, 2.24) is 0 Å². The van der Waals surface area contributed by atoms with Crippen molar-refractivity contribution in [3.8, 4) is 0 Å². The van der Waals surface area contributed by atoms with Gasteiger partial charge in [0, 0.05) is 0 Å². The first kappa shape index (κ1) is 23.6. The van der Waals surface area contributed by atoms with Crippen molar-refractivity contribution in [1.29, 1.82) is 0 Å². The van der Waals surface area contributed by atoms with Gasteiger partial charge in [0.05, 0.1) is 5.56 Å². The summed E-state index contributed by atoms with van der Waals surface area (Å²) in [7, 11) is -2.38. The van der Waals surface area contributed by atoms with E-state index in [1.54, 1.807) is 24.3 Å². The summed E-state index contributed by atoms with van der Waals surface area (Å²) in [4.78, 5) is 25.7. The molecule has 0 aliphatic carbocycles. The average molecular weight is 505 g/mol. The van der Waals surface area contributed by atoms with E-state index in [2.05, 4.69) is 36.4 Å². The van der Waals surface area contributed by atoms with Crippen LogP contribution in [0.2, 0.25) is 0 Å². The zero-order valence-corrected chi connectivity index (χ0v) is 19.8. The maximum atomic E-state index is 13.1. The van der Waals surface area contributed by atoms with Gasteiger partial charge in [0.2, 0.25) is 0 Å². The minimum absolute atomic E-state index is 0. The maximum absolute atomic E-state index is 13.1. The summed E-state index contributed by atoms with van der Waals surface area (Å²) in [6.07, 6.45) is 0.101. The molecule has 4 aromatic carbocycles. The van der Waals surface area contributed by atoms with Gasteiger partial charge in [0.15, 0.2) is 6.16 Å². The van der Waals surface area contributed by atoms with Crippen LogP contribution in [0.4, 0.5) is 0 Å². The molecule has 160 valence electrons. The van der Waals surface area contributed by atoms with E-state index < -0.39 is 19.2 Å². The van der Waals surface area contributed by atoms with Gasteiger partial charge in [0.25, 0.3) is 0 Å². The molecule has 0 spiro atoms. The van der Waals surface area contributed by atoms with Crippen LogP contribution in [0.5, 0.6) is 0 Å². The molecule has 0 aliphatic rings. The van der Waals surface area contributed by atoms with Crippen LogP contribution in [0.25, 0.3) is 0 Å². The third-order valence-corrected chi connectivity index (χ3v) is 9.44. The van der Waals surface area contributed by atoms with E-state index in [1.165, 1.54) is 0 Å². The fraction of sp³-hybridized carbons (Fsp3) is 0.0370. The van der Waals surface area contributed by atoms with Gasteiger partial charge >= 0.3 is 11.9 Å². The van der Waals surface area contributed by atoms with Gasteiger partial charge in [-0.2, -0.15) is 0 Å². The van der Waals surface area contributed by atoms with E-state index in [-0.39, 0.29) is 23.1 Å². The topological polar surface area (TPSA) is 43.4 Å². The Morgan fingerprint density at radius 3 is 1.28 bits per heavy atom. The van der Waals surface area contributed by atoms with Crippen LogP contribution in [0.3, 0.4) is 0 Å². The fourth-order valence-electron chi connectivity index (χ4n) is 3.73. The molecule has 0 N–H and O–H groups in total. The van der Waals surface area contributed by atoms with Crippen molar-refractivity contribution in [3.05, 3.63) is 127 Å². The second-order valence-corrected chi connectivity index (χ2v) is 10.6. The molecule has 0 saturated heterocycles. The Morgan fingerprint density at radius 1 is 0.562 bits per heavy atom. The molecule has 0 amide bonds. The van der Waals surface area contributed by atoms with Crippen LogP contribution in [-0.4, -0.2) is 18.1 Å². The Morgan fingerprint density at radius 2 is 0.906 bits per heavy atom. The molecular formula is C27H22BrO3P. The largest absolute Gasteiger partial charge is 1.00 e. The lowest BCUT2D eigenvalue weighted by Gasteiger charge is -2.26. The Hall–Kier alpha value is -3.07. The average Bonchev–Trinajstić information content (AvgIpc) is 2.85. The summed E-state index contributed by atoms with van der Waals surface area (Å²) in [5.74, 6) is -1.16. The molecule has 5 heteroatoms. The molecule has 0 atom stereocenters. The highest BCUT2D eigenvalue weighted by Gasteiger charge is 2.48. The first-order valence-electron chi connectivity index (χ1n) is 10.0.